The lowest BCUT2D eigenvalue weighted by Crippen LogP contribution is -2.42. The SMILES string of the molecule is CC(CO)C(C)CC1CCN(C(=O)OC(C)(C)C)CC1. The molecule has 1 N–H and O–H groups in total. The van der Waals surface area contributed by atoms with E-state index in [1.807, 2.05) is 25.7 Å². The average Bonchev–Trinajstić information content (AvgIpc) is 2.36. The van der Waals surface area contributed by atoms with Gasteiger partial charge in [-0.15, -0.1) is 0 Å². The van der Waals surface area contributed by atoms with E-state index in [0.717, 1.165) is 32.4 Å². The minimum Gasteiger partial charge on any atom is -0.444 e. The first-order chi connectivity index (χ1) is 9.23. The quantitative estimate of drug-likeness (QED) is 0.862. The van der Waals surface area contributed by atoms with Gasteiger partial charge in [-0.25, -0.2) is 4.79 Å². The summed E-state index contributed by atoms with van der Waals surface area (Å²) >= 11 is 0. The Kier molecular flexibility index (Phi) is 6.31. The maximum atomic E-state index is 12.0. The highest BCUT2D eigenvalue weighted by molar-refractivity contribution is 5.68. The van der Waals surface area contributed by atoms with Crippen LogP contribution in [0.15, 0.2) is 0 Å². The molecule has 0 spiro atoms. The molecule has 1 fully saturated rings. The monoisotopic (exact) mass is 285 g/mol. The zero-order valence-corrected chi connectivity index (χ0v) is 13.7. The van der Waals surface area contributed by atoms with Crippen molar-refractivity contribution in [3.05, 3.63) is 0 Å². The highest BCUT2D eigenvalue weighted by Gasteiger charge is 2.28. The summed E-state index contributed by atoms with van der Waals surface area (Å²) in [6.07, 6.45) is 3.04. The number of likely N-dealkylation sites (tertiary alicyclic amines) is 1. The maximum absolute atomic E-state index is 12.0. The smallest absolute Gasteiger partial charge is 0.410 e. The summed E-state index contributed by atoms with van der Waals surface area (Å²) in [5, 5.41) is 9.19. The van der Waals surface area contributed by atoms with Gasteiger partial charge in [0.05, 0.1) is 0 Å². The molecule has 118 valence electrons. The number of ether oxygens (including phenoxy) is 1. The number of aliphatic hydroxyl groups is 1. The van der Waals surface area contributed by atoms with Gasteiger partial charge in [-0.1, -0.05) is 13.8 Å². The molecule has 0 aromatic heterocycles. The fraction of sp³-hybridized carbons (Fsp3) is 0.938. The molecule has 4 heteroatoms. The van der Waals surface area contributed by atoms with Gasteiger partial charge in [-0.2, -0.15) is 0 Å². The second-order valence-electron chi connectivity index (χ2n) is 7.28. The fourth-order valence-corrected chi connectivity index (χ4v) is 2.62. The number of amides is 1. The van der Waals surface area contributed by atoms with Crippen LogP contribution >= 0.6 is 0 Å². The summed E-state index contributed by atoms with van der Waals surface area (Å²) in [7, 11) is 0. The Hall–Kier alpha value is -0.770. The van der Waals surface area contributed by atoms with Crippen molar-refractivity contribution in [2.24, 2.45) is 17.8 Å². The molecule has 20 heavy (non-hydrogen) atoms. The van der Waals surface area contributed by atoms with Crippen LogP contribution in [0.3, 0.4) is 0 Å². The van der Waals surface area contributed by atoms with Gasteiger partial charge < -0.3 is 14.7 Å². The van der Waals surface area contributed by atoms with Gasteiger partial charge in [0.15, 0.2) is 0 Å². The zero-order chi connectivity index (χ0) is 15.3. The van der Waals surface area contributed by atoms with Crippen molar-refractivity contribution < 1.29 is 14.6 Å². The van der Waals surface area contributed by atoms with Crippen molar-refractivity contribution >= 4 is 6.09 Å². The number of hydrogen-bond acceptors (Lipinski definition) is 3. The molecule has 2 atom stereocenters. The predicted molar refractivity (Wildman–Crippen MR) is 80.6 cm³/mol. The molecule has 0 aromatic carbocycles. The van der Waals surface area contributed by atoms with Crippen LogP contribution in [0.1, 0.15) is 53.9 Å². The van der Waals surface area contributed by atoms with E-state index in [1.165, 1.54) is 0 Å². The van der Waals surface area contributed by atoms with E-state index < -0.39 is 5.60 Å². The Morgan fingerprint density at radius 1 is 1.25 bits per heavy atom. The van der Waals surface area contributed by atoms with Gasteiger partial charge >= 0.3 is 6.09 Å². The zero-order valence-electron chi connectivity index (χ0n) is 13.7. The van der Waals surface area contributed by atoms with Crippen LogP contribution in [-0.4, -0.2) is 41.4 Å². The Morgan fingerprint density at radius 2 is 1.80 bits per heavy atom. The van der Waals surface area contributed by atoms with Crippen LogP contribution in [0.25, 0.3) is 0 Å². The van der Waals surface area contributed by atoms with Crippen molar-refractivity contribution in [1.82, 2.24) is 4.90 Å². The second kappa shape index (κ2) is 7.30. The van der Waals surface area contributed by atoms with Crippen molar-refractivity contribution in [2.75, 3.05) is 19.7 Å². The summed E-state index contributed by atoms with van der Waals surface area (Å²) < 4.78 is 5.40. The van der Waals surface area contributed by atoms with E-state index in [-0.39, 0.29) is 12.7 Å². The summed E-state index contributed by atoms with van der Waals surface area (Å²) in [5.41, 5.74) is -0.418. The molecule has 0 aliphatic carbocycles. The average molecular weight is 285 g/mol. The van der Waals surface area contributed by atoms with E-state index in [1.54, 1.807) is 0 Å². The summed E-state index contributed by atoms with van der Waals surface area (Å²) in [6, 6.07) is 0. The number of carbonyl (C=O) groups is 1. The molecule has 1 amide bonds. The van der Waals surface area contributed by atoms with E-state index in [9.17, 15) is 9.90 Å². The first-order valence-corrected chi connectivity index (χ1v) is 7.81. The van der Waals surface area contributed by atoms with E-state index >= 15 is 0 Å². The number of aliphatic hydroxyl groups excluding tert-OH is 1. The van der Waals surface area contributed by atoms with Crippen LogP contribution in [0.5, 0.6) is 0 Å². The standard InChI is InChI=1S/C16H31NO3/c1-12(13(2)11-18)10-14-6-8-17(9-7-14)15(19)20-16(3,4)5/h12-14,18H,6-11H2,1-5H3. The first-order valence-electron chi connectivity index (χ1n) is 7.81. The third-order valence-electron chi connectivity index (χ3n) is 4.23. The summed E-state index contributed by atoms with van der Waals surface area (Å²) in [5.74, 6) is 1.56. The lowest BCUT2D eigenvalue weighted by molar-refractivity contribution is 0.0171. The molecule has 0 bridgehead atoms. The van der Waals surface area contributed by atoms with Gasteiger partial charge in [0.2, 0.25) is 0 Å². The van der Waals surface area contributed by atoms with Crippen molar-refractivity contribution in [2.45, 2.75) is 59.5 Å². The lowest BCUT2D eigenvalue weighted by atomic mass is 9.83. The van der Waals surface area contributed by atoms with Crippen molar-refractivity contribution in [3.8, 4) is 0 Å². The van der Waals surface area contributed by atoms with E-state index in [2.05, 4.69) is 13.8 Å². The molecular weight excluding hydrogens is 254 g/mol. The number of carbonyl (C=O) groups excluding carboxylic acids is 1. The molecule has 0 aromatic rings. The number of nitrogens with zero attached hydrogens (tertiary/aromatic N) is 1. The van der Waals surface area contributed by atoms with Crippen molar-refractivity contribution in [1.29, 1.82) is 0 Å². The first kappa shape index (κ1) is 17.3. The molecule has 1 aliphatic rings. The van der Waals surface area contributed by atoms with Crippen LogP contribution in [0, 0.1) is 17.8 Å². The molecule has 1 heterocycles. The van der Waals surface area contributed by atoms with Crippen LogP contribution < -0.4 is 0 Å². The number of hydrogen-bond donors (Lipinski definition) is 1. The topological polar surface area (TPSA) is 49.8 Å². The Morgan fingerprint density at radius 3 is 2.25 bits per heavy atom. The molecule has 1 aliphatic heterocycles. The number of piperidine rings is 1. The minimum atomic E-state index is -0.418. The van der Waals surface area contributed by atoms with Gasteiger partial charge in [0.25, 0.3) is 0 Å². The van der Waals surface area contributed by atoms with Crippen LogP contribution in [-0.2, 0) is 4.74 Å². The van der Waals surface area contributed by atoms with E-state index in [4.69, 9.17) is 4.74 Å². The molecule has 0 saturated carbocycles. The Labute approximate surface area is 123 Å². The van der Waals surface area contributed by atoms with Crippen molar-refractivity contribution in [3.63, 3.8) is 0 Å². The highest BCUT2D eigenvalue weighted by Crippen LogP contribution is 2.28. The van der Waals surface area contributed by atoms with Crippen LogP contribution in [0.4, 0.5) is 4.79 Å². The third-order valence-corrected chi connectivity index (χ3v) is 4.23. The maximum Gasteiger partial charge on any atom is 0.410 e. The van der Waals surface area contributed by atoms with E-state index in [0.29, 0.717) is 17.8 Å². The van der Waals surface area contributed by atoms with Gasteiger partial charge in [0, 0.05) is 19.7 Å². The second-order valence-corrected chi connectivity index (χ2v) is 7.28. The lowest BCUT2D eigenvalue weighted by Gasteiger charge is -2.34. The Balaban J connectivity index is 2.35. The normalized spacial score (nSPS) is 20.6. The summed E-state index contributed by atoms with van der Waals surface area (Å²) in [4.78, 5) is 13.8. The van der Waals surface area contributed by atoms with Crippen LogP contribution in [0.2, 0.25) is 0 Å². The molecule has 0 radical (unpaired) electrons. The Bertz CT molecular complexity index is 303. The molecular formula is C16H31NO3. The largest absolute Gasteiger partial charge is 0.444 e. The van der Waals surface area contributed by atoms with Gasteiger partial charge in [0.1, 0.15) is 5.60 Å². The number of rotatable bonds is 4. The molecule has 1 rings (SSSR count). The molecule has 4 nitrogen and oxygen atoms in total. The summed E-state index contributed by atoms with van der Waals surface area (Å²) in [6.45, 7) is 11.8. The molecule has 1 saturated heterocycles. The molecule has 2 unspecified atom stereocenters. The third kappa shape index (κ3) is 5.70. The predicted octanol–water partition coefficient (Wildman–Crippen LogP) is 3.29. The highest BCUT2D eigenvalue weighted by atomic mass is 16.6. The minimum absolute atomic E-state index is 0.187. The fourth-order valence-electron chi connectivity index (χ4n) is 2.62. The van der Waals surface area contributed by atoms with Gasteiger partial charge in [-0.3, -0.25) is 0 Å². The van der Waals surface area contributed by atoms with Gasteiger partial charge in [-0.05, 0) is 57.8 Å².